The summed E-state index contributed by atoms with van der Waals surface area (Å²) in [6.07, 6.45) is -2.32. The van der Waals surface area contributed by atoms with Crippen molar-refractivity contribution in [2.24, 2.45) is 4.99 Å². The first-order chi connectivity index (χ1) is 6.00. The van der Waals surface area contributed by atoms with Crippen molar-refractivity contribution in [3.63, 3.8) is 0 Å². The molecule has 0 aliphatic carbocycles. The molecule has 0 aliphatic heterocycles. The van der Waals surface area contributed by atoms with Crippen molar-refractivity contribution in [3.8, 4) is 0 Å². The molecule has 1 rings (SSSR count). The standard InChI is InChI=1S/C6H3ClF3N3/c7-5(6(8,9)10)13-4-1-2-11-12-3-4/h1-3H. The number of alkyl halides is 3. The van der Waals surface area contributed by atoms with Gasteiger partial charge in [0, 0.05) is 0 Å². The van der Waals surface area contributed by atoms with Gasteiger partial charge in [0.05, 0.1) is 18.1 Å². The lowest BCUT2D eigenvalue weighted by Crippen LogP contribution is -2.16. The number of hydrogen-bond donors (Lipinski definition) is 0. The van der Waals surface area contributed by atoms with E-state index in [0.29, 0.717) is 0 Å². The lowest BCUT2D eigenvalue weighted by Gasteiger charge is -2.01. The molecule has 1 aromatic rings. The van der Waals surface area contributed by atoms with Crippen molar-refractivity contribution in [1.29, 1.82) is 0 Å². The number of aliphatic imine (C=N–C) groups is 1. The molecular formula is C6H3ClF3N3. The van der Waals surface area contributed by atoms with Crippen molar-refractivity contribution in [3.05, 3.63) is 18.5 Å². The average Bonchev–Trinajstić information content (AvgIpc) is 2.04. The van der Waals surface area contributed by atoms with Crippen LogP contribution in [0.1, 0.15) is 0 Å². The molecule has 0 bridgehead atoms. The van der Waals surface area contributed by atoms with Crippen LogP contribution in [-0.2, 0) is 0 Å². The Bertz CT molecular complexity index is 309. The lowest BCUT2D eigenvalue weighted by atomic mass is 10.5. The third kappa shape index (κ3) is 2.98. The highest BCUT2D eigenvalue weighted by atomic mass is 35.5. The Morgan fingerprint density at radius 3 is 2.54 bits per heavy atom. The molecule has 13 heavy (non-hydrogen) atoms. The summed E-state index contributed by atoms with van der Waals surface area (Å²) in [5.74, 6) is 0. The van der Waals surface area contributed by atoms with Crippen LogP contribution in [0.3, 0.4) is 0 Å². The van der Waals surface area contributed by atoms with Gasteiger partial charge in [-0.15, -0.1) is 0 Å². The summed E-state index contributed by atoms with van der Waals surface area (Å²) in [6, 6.07) is 1.26. The van der Waals surface area contributed by atoms with E-state index in [9.17, 15) is 13.2 Å². The molecule has 0 aromatic carbocycles. The maximum absolute atomic E-state index is 11.8. The summed E-state index contributed by atoms with van der Waals surface area (Å²) in [6.45, 7) is 0. The summed E-state index contributed by atoms with van der Waals surface area (Å²) in [5.41, 5.74) is 0.0114. The van der Waals surface area contributed by atoms with Gasteiger partial charge in [-0.25, -0.2) is 4.99 Å². The molecule has 0 saturated carbocycles. The average molecular weight is 210 g/mol. The zero-order chi connectivity index (χ0) is 9.90. The van der Waals surface area contributed by atoms with Crippen LogP contribution >= 0.6 is 11.6 Å². The lowest BCUT2D eigenvalue weighted by molar-refractivity contribution is -0.0558. The van der Waals surface area contributed by atoms with Crippen molar-refractivity contribution >= 4 is 22.5 Å². The molecule has 0 spiro atoms. The molecule has 70 valence electrons. The number of aromatic nitrogens is 2. The van der Waals surface area contributed by atoms with Crippen LogP contribution in [0.15, 0.2) is 23.5 Å². The van der Waals surface area contributed by atoms with Crippen LogP contribution < -0.4 is 0 Å². The highest BCUT2D eigenvalue weighted by molar-refractivity contribution is 6.67. The van der Waals surface area contributed by atoms with Gasteiger partial charge in [-0.1, -0.05) is 11.6 Å². The van der Waals surface area contributed by atoms with E-state index >= 15 is 0 Å². The minimum absolute atomic E-state index is 0.0114. The quantitative estimate of drug-likeness (QED) is 0.666. The first-order valence-electron chi connectivity index (χ1n) is 3.08. The Morgan fingerprint density at radius 1 is 1.38 bits per heavy atom. The second-order valence-electron chi connectivity index (χ2n) is 2.00. The summed E-state index contributed by atoms with van der Waals surface area (Å²) in [5, 5.41) is 5.28. The highest BCUT2D eigenvalue weighted by Crippen LogP contribution is 2.22. The number of rotatable bonds is 1. The van der Waals surface area contributed by atoms with Gasteiger partial charge in [0.15, 0.2) is 0 Å². The molecule has 0 atom stereocenters. The monoisotopic (exact) mass is 209 g/mol. The molecule has 0 unspecified atom stereocenters. The van der Waals surface area contributed by atoms with Gasteiger partial charge in [-0.05, 0) is 6.07 Å². The van der Waals surface area contributed by atoms with Gasteiger partial charge in [0.2, 0.25) is 5.17 Å². The van der Waals surface area contributed by atoms with E-state index in [2.05, 4.69) is 15.2 Å². The molecule has 1 aromatic heterocycles. The zero-order valence-electron chi connectivity index (χ0n) is 6.09. The third-order valence-corrected chi connectivity index (χ3v) is 1.33. The van der Waals surface area contributed by atoms with Gasteiger partial charge in [-0.3, -0.25) is 0 Å². The second-order valence-corrected chi connectivity index (χ2v) is 2.36. The normalized spacial score (nSPS) is 13.1. The SMILES string of the molecule is FC(F)(F)C(Cl)=Nc1ccnnc1. The fraction of sp³-hybridized carbons (Fsp3) is 0.167. The summed E-state index contributed by atoms with van der Waals surface area (Å²) in [4.78, 5) is 3.08. The van der Waals surface area contributed by atoms with Gasteiger partial charge >= 0.3 is 6.18 Å². The predicted molar refractivity (Wildman–Crippen MR) is 41.0 cm³/mol. The highest BCUT2D eigenvalue weighted by Gasteiger charge is 2.34. The smallest absolute Gasteiger partial charge is 0.231 e. The Kier molecular flexibility index (Phi) is 2.82. The molecule has 0 aliphatic rings. The number of hydrogen-bond acceptors (Lipinski definition) is 3. The Labute approximate surface area is 76.3 Å². The van der Waals surface area contributed by atoms with Gasteiger partial charge in [0.25, 0.3) is 0 Å². The molecular weight excluding hydrogens is 207 g/mol. The molecule has 0 N–H and O–H groups in total. The summed E-state index contributed by atoms with van der Waals surface area (Å²) in [7, 11) is 0. The molecule has 1 heterocycles. The van der Waals surface area contributed by atoms with Crippen LogP contribution in [-0.4, -0.2) is 21.5 Å². The van der Waals surface area contributed by atoms with Gasteiger partial charge in [-0.2, -0.15) is 23.4 Å². The molecule has 7 heteroatoms. The number of halogens is 4. The van der Waals surface area contributed by atoms with Gasteiger partial charge < -0.3 is 0 Å². The van der Waals surface area contributed by atoms with E-state index in [1.165, 1.54) is 12.3 Å². The Hall–Kier alpha value is -1.17. The summed E-state index contributed by atoms with van der Waals surface area (Å²) < 4.78 is 35.5. The van der Waals surface area contributed by atoms with Crippen LogP contribution in [0.5, 0.6) is 0 Å². The van der Waals surface area contributed by atoms with Crippen LogP contribution in [0.2, 0.25) is 0 Å². The van der Waals surface area contributed by atoms with E-state index in [0.717, 1.165) is 6.20 Å². The van der Waals surface area contributed by atoms with Crippen LogP contribution in [0, 0.1) is 0 Å². The van der Waals surface area contributed by atoms with Gasteiger partial charge in [0.1, 0.15) is 0 Å². The molecule has 0 amide bonds. The fourth-order valence-corrected chi connectivity index (χ4v) is 0.624. The van der Waals surface area contributed by atoms with Crippen molar-refractivity contribution in [2.45, 2.75) is 6.18 Å². The van der Waals surface area contributed by atoms with Crippen LogP contribution in [0.4, 0.5) is 18.9 Å². The van der Waals surface area contributed by atoms with E-state index in [1.807, 2.05) is 0 Å². The van der Waals surface area contributed by atoms with E-state index in [-0.39, 0.29) is 5.69 Å². The predicted octanol–water partition coefficient (Wildman–Crippen LogP) is 2.31. The van der Waals surface area contributed by atoms with E-state index in [4.69, 9.17) is 11.6 Å². The zero-order valence-corrected chi connectivity index (χ0v) is 6.84. The first-order valence-corrected chi connectivity index (χ1v) is 3.46. The molecule has 0 saturated heterocycles. The Balaban J connectivity index is 2.90. The third-order valence-electron chi connectivity index (χ3n) is 1.03. The first kappa shape index (κ1) is 9.91. The van der Waals surface area contributed by atoms with Crippen LogP contribution in [0.25, 0.3) is 0 Å². The van der Waals surface area contributed by atoms with Crippen molar-refractivity contribution < 1.29 is 13.2 Å². The second kappa shape index (κ2) is 3.69. The van der Waals surface area contributed by atoms with E-state index in [1.54, 1.807) is 0 Å². The Morgan fingerprint density at radius 2 is 2.08 bits per heavy atom. The maximum atomic E-state index is 11.8. The summed E-state index contributed by atoms with van der Waals surface area (Å²) >= 11 is 4.87. The molecule has 3 nitrogen and oxygen atoms in total. The molecule has 0 fully saturated rings. The minimum atomic E-state index is -4.62. The van der Waals surface area contributed by atoms with E-state index < -0.39 is 11.3 Å². The van der Waals surface area contributed by atoms with Crippen molar-refractivity contribution in [2.75, 3.05) is 0 Å². The maximum Gasteiger partial charge on any atom is 0.444 e. The molecule has 0 radical (unpaired) electrons. The largest absolute Gasteiger partial charge is 0.444 e. The fourth-order valence-electron chi connectivity index (χ4n) is 0.527. The van der Waals surface area contributed by atoms with Crippen molar-refractivity contribution in [1.82, 2.24) is 10.2 Å². The number of nitrogens with zero attached hydrogens (tertiary/aromatic N) is 3. The minimum Gasteiger partial charge on any atom is -0.231 e. The topological polar surface area (TPSA) is 38.1 Å².